The highest BCUT2D eigenvalue weighted by Crippen LogP contribution is 2.17. The minimum absolute atomic E-state index is 0.140. The van der Waals surface area contributed by atoms with E-state index in [0.29, 0.717) is 16.1 Å². The summed E-state index contributed by atoms with van der Waals surface area (Å²) in [6.45, 7) is 0.140. The molecule has 0 saturated heterocycles. The lowest BCUT2D eigenvalue weighted by atomic mass is 10.2. The van der Waals surface area contributed by atoms with Gasteiger partial charge in [-0.1, -0.05) is 41.9 Å². The van der Waals surface area contributed by atoms with E-state index in [4.69, 9.17) is 11.6 Å². The van der Waals surface area contributed by atoms with Gasteiger partial charge in [-0.2, -0.15) is 0 Å². The van der Waals surface area contributed by atoms with E-state index in [1.807, 2.05) is 0 Å². The first kappa shape index (κ1) is 17.4. The number of amides is 1. The Bertz CT molecular complexity index is 791. The lowest BCUT2D eigenvalue weighted by Gasteiger charge is -2.08. The average Bonchev–Trinajstić information content (AvgIpc) is 2.48. The SMILES string of the molecule is O=C(CS(=O)(=O)Cc1ccccc1Cl)NCc1ccc(F)cc1. The van der Waals surface area contributed by atoms with Crippen molar-refractivity contribution in [1.29, 1.82) is 0 Å². The fourth-order valence-electron chi connectivity index (χ4n) is 1.96. The van der Waals surface area contributed by atoms with Gasteiger partial charge in [0.1, 0.15) is 11.6 Å². The highest BCUT2D eigenvalue weighted by atomic mass is 35.5. The molecule has 1 N–H and O–H groups in total. The van der Waals surface area contributed by atoms with Gasteiger partial charge in [-0.15, -0.1) is 0 Å². The van der Waals surface area contributed by atoms with Gasteiger partial charge < -0.3 is 5.32 Å². The zero-order valence-electron chi connectivity index (χ0n) is 12.1. The van der Waals surface area contributed by atoms with Crippen molar-refractivity contribution in [1.82, 2.24) is 5.32 Å². The van der Waals surface area contributed by atoms with Crippen molar-refractivity contribution in [2.24, 2.45) is 0 Å². The molecule has 0 radical (unpaired) electrons. The molecule has 0 bridgehead atoms. The molecule has 2 aromatic carbocycles. The third-order valence-electron chi connectivity index (χ3n) is 3.09. The molecular formula is C16H15ClFNO3S. The number of hydrogen-bond donors (Lipinski definition) is 1. The lowest BCUT2D eigenvalue weighted by molar-refractivity contribution is -0.118. The van der Waals surface area contributed by atoms with Crippen LogP contribution in [0.5, 0.6) is 0 Å². The van der Waals surface area contributed by atoms with Crippen LogP contribution < -0.4 is 5.32 Å². The third-order valence-corrected chi connectivity index (χ3v) is 4.91. The first-order valence-electron chi connectivity index (χ1n) is 6.81. The van der Waals surface area contributed by atoms with Crippen LogP contribution in [0.1, 0.15) is 11.1 Å². The molecule has 2 rings (SSSR count). The van der Waals surface area contributed by atoms with Crippen molar-refractivity contribution >= 4 is 27.3 Å². The van der Waals surface area contributed by atoms with E-state index in [9.17, 15) is 17.6 Å². The van der Waals surface area contributed by atoms with E-state index in [0.717, 1.165) is 0 Å². The standard InChI is InChI=1S/C16H15ClFNO3S/c17-15-4-2-1-3-13(15)10-23(21,22)11-16(20)19-9-12-5-7-14(18)8-6-12/h1-8H,9-11H2,(H,19,20). The van der Waals surface area contributed by atoms with Crippen LogP contribution in [0.2, 0.25) is 5.02 Å². The van der Waals surface area contributed by atoms with Crippen LogP contribution in [0.3, 0.4) is 0 Å². The van der Waals surface area contributed by atoms with E-state index in [1.54, 1.807) is 24.3 Å². The minimum atomic E-state index is -3.62. The second-order valence-electron chi connectivity index (χ2n) is 5.03. The monoisotopic (exact) mass is 355 g/mol. The Morgan fingerprint density at radius 1 is 1.09 bits per heavy atom. The molecule has 2 aromatic rings. The summed E-state index contributed by atoms with van der Waals surface area (Å²) in [6.07, 6.45) is 0. The van der Waals surface area contributed by atoms with Crippen LogP contribution in [-0.4, -0.2) is 20.1 Å². The normalized spacial score (nSPS) is 11.2. The molecule has 0 aromatic heterocycles. The summed E-state index contributed by atoms with van der Waals surface area (Å²) in [5.41, 5.74) is 1.14. The van der Waals surface area contributed by atoms with Crippen molar-refractivity contribution in [2.75, 3.05) is 5.75 Å². The summed E-state index contributed by atoms with van der Waals surface area (Å²) in [5, 5.41) is 2.85. The maximum absolute atomic E-state index is 12.8. The Labute approximate surface area is 139 Å². The van der Waals surface area contributed by atoms with Crippen molar-refractivity contribution in [3.8, 4) is 0 Å². The van der Waals surface area contributed by atoms with Gasteiger partial charge in [0, 0.05) is 11.6 Å². The molecule has 0 atom stereocenters. The second kappa shape index (κ2) is 7.57. The molecule has 7 heteroatoms. The maximum atomic E-state index is 12.8. The molecule has 4 nitrogen and oxygen atoms in total. The molecular weight excluding hydrogens is 341 g/mol. The molecule has 0 aliphatic heterocycles. The quantitative estimate of drug-likeness (QED) is 0.866. The van der Waals surface area contributed by atoms with Crippen LogP contribution in [0, 0.1) is 5.82 Å². The first-order valence-corrected chi connectivity index (χ1v) is 9.01. The zero-order valence-corrected chi connectivity index (χ0v) is 13.7. The number of carbonyl (C=O) groups excluding carboxylic acids is 1. The van der Waals surface area contributed by atoms with Gasteiger partial charge in [0.05, 0.1) is 5.75 Å². The molecule has 0 saturated carbocycles. The zero-order chi connectivity index (χ0) is 16.9. The van der Waals surface area contributed by atoms with Crippen molar-refractivity contribution in [3.63, 3.8) is 0 Å². The van der Waals surface area contributed by atoms with Crippen LogP contribution >= 0.6 is 11.6 Å². The van der Waals surface area contributed by atoms with E-state index >= 15 is 0 Å². The number of nitrogens with one attached hydrogen (secondary N) is 1. The summed E-state index contributed by atoms with van der Waals surface area (Å²) in [5.74, 6) is -1.90. The fraction of sp³-hybridized carbons (Fsp3) is 0.188. The number of benzene rings is 2. The number of halogens is 2. The van der Waals surface area contributed by atoms with Gasteiger partial charge in [-0.3, -0.25) is 4.79 Å². The van der Waals surface area contributed by atoms with Gasteiger partial charge in [-0.25, -0.2) is 12.8 Å². The predicted molar refractivity (Wildman–Crippen MR) is 87.2 cm³/mol. The minimum Gasteiger partial charge on any atom is -0.351 e. The van der Waals surface area contributed by atoms with Gasteiger partial charge >= 0.3 is 0 Å². The highest BCUT2D eigenvalue weighted by molar-refractivity contribution is 7.91. The van der Waals surface area contributed by atoms with Crippen LogP contribution in [0.15, 0.2) is 48.5 Å². The number of hydrogen-bond acceptors (Lipinski definition) is 3. The van der Waals surface area contributed by atoms with E-state index in [1.165, 1.54) is 24.3 Å². The third kappa shape index (κ3) is 5.65. The fourth-order valence-corrected chi connectivity index (χ4v) is 3.57. The Hall–Kier alpha value is -1.92. The number of rotatable bonds is 6. The Morgan fingerprint density at radius 3 is 2.39 bits per heavy atom. The molecule has 0 heterocycles. The lowest BCUT2D eigenvalue weighted by Crippen LogP contribution is -2.30. The van der Waals surface area contributed by atoms with Gasteiger partial charge in [0.25, 0.3) is 0 Å². The Kier molecular flexibility index (Phi) is 5.74. The number of sulfone groups is 1. The van der Waals surface area contributed by atoms with Crippen LogP contribution in [0.25, 0.3) is 0 Å². The number of carbonyl (C=O) groups is 1. The summed E-state index contributed by atoms with van der Waals surface area (Å²) < 4.78 is 36.9. The van der Waals surface area contributed by atoms with Crippen molar-refractivity contribution in [2.45, 2.75) is 12.3 Å². The molecule has 23 heavy (non-hydrogen) atoms. The summed E-state index contributed by atoms with van der Waals surface area (Å²) >= 11 is 5.93. The second-order valence-corrected chi connectivity index (χ2v) is 7.50. The summed E-state index contributed by atoms with van der Waals surface area (Å²) in [7, 11) is -3.62. The van der Waals surface area contributed by atoms with Crippen molar-refractivity contribution in [3.05, 3.63) is 70.5 Å². The van der Waals surface area contributed by atoms with Gasteiger partial charge in [0.15, 0.2) is 9.84 Å². The molecule has 0 fully saturated rings. The van der Waals surface area contributed by atoms with Gasteiger partial charge in [-0.05, 0) is 29.3 Å². The van der Waals surface area contributed by atoms with Crippen LogP contribution in [-0.2, 0) is 26.9 Å². The Morgan fingerprint density at radius 2 is 1.74 bits per heavy atom. The Balaban J connectivity index is 1.91. The molecule has 0 aliphatic rings. The van der Waals surface area contributed by atoms with E-state index in [2.05, 4.69) is 5.32 Å². The topological polar surface area (TPSA) is 63.2 Å². The molecule has 0 spiro atoms. The summed E-state index contributed by atoms with van der Waals surface area (Å²) in [6, 6.07) is 12.2. The van der Waals surface area contributed by atoms with Crippen molar-refractivity contribution < 1.29 is 17.6 Å². The highest BCUT2D eigenvalue weighted by Gasteiger charge is 2.18. The summed E-state index contributed by atoms with van der Waals surface area (Å²) in [4.78, 5) is 11.8. The van der Waals surface area contributed by atoms with E-state index in [-0.39, 0.29) is 18.1 Å². The predicted octanol–water partition coefficient (Wildman–Crippen LogP) is 2.71. The molecule has 1 amide bonds. The maximum Gasteiger partial charge on any atom is 0.235 e. The van der Waals surface area contributed by atoms with E-state index < -0.39 is 21.5 Å². The average molecular weight is 356 g/mol. The van der Waals surface area contributed by atoms with Gasteiger partial charge in [0.2, 0.25) is 5.91 Å². The van der Waals surface area contributed by atoms with Crippen LogP contribution in [0.4, 0.5) is 4.39 Å². The molecule has 122 valence electrons. The first-order chi connectivity index (χ1) is 10.9. The smallest absolute Gasteiger partial charge is 0.235 e. The molecule has 0 aliphatic carbocycles. The molecule has 0 unspecified atom stereocenters. The largest absolute Gasteiger partial charge is 0.351 e.